The van der Waals surface area contributed by atoms with Crippen LogP contribution in [0.1, 0.15) is 5.56 Å². The highest BCUT2D eigenvalue weighted by Gasteiger charge is 2.02. The molecule has 2 aromatic carbocycles. The highest BCUT2D eigenvalue weighted by Crippen LogP contribution is 2.26. The first-order valence-corrected chi connectivity index (χ1v) is 4.64. The molecule has 0 bridgehead atoms. The first kappa shape index (κ1) is 9.03. The standard InChI is InChI=1S/C12H13NO/c1-9-11-5-3-2-4-10(11)6-7-12(9)14-8-13/h2-7H,8,13H2,1H3. The Hall–Kier alpha value is -1.54. The van der Waals surface area contributed by atoms with Gasteiger partial charge < -0.3 is 4.74 Å². The molecule has 72 valence electrons. The van der Waals surface area contributed by atoms with Crippen molar-refractivity contribution in [2.45, 2.75) is 6.92 Å². The molecule has 0 unspecified atom stereocenters. The van der Waals surface area contributed by atoms with E-state index in [2.05, 4.69) is 12.1 Å². The molecule has 0 fully saturated rings. The maximum Gasteiger partial charge on any atom is 0.137 e. The summed E-state index contributed by atoms with van der Waals surface area (Å²) in [5.74, 6) is 0.867. The largest absolute Gasteiger partial charge is 0.478 e. The zero-order valence-corrected chi connectivity index (χ0v) is 8.16. The monoisotopic (exact) mass is 187 g/mol. The summed E-state index contributed by atoms with van der Waals surface area (Å²) in [4.78, 5) is 0. The summed E-state index contributed by atoms with van der Waals surface area (Å²) in [7, 11) is 0. The predicted octanol–water partition coefficient (Wildman–Crippen LogP) is 2.44. The van der Waals surface area contributed by atoms with Crippen LogP contribution in [0, 0.1) is 6.92 Å². The second kappa shape index (κ2) is 3.68. The van der Waals surface area contributed by atoms with Crippen molar-refractivity contribution in [2.24, 2.45) is 5.73 Å². The van der Waals surface area contributed by atoms with E-state index in [1.54, 1.807) is 0 Å². The molecule has 2 heteroatoms. The van der Waals surface area contributed by atoms with Gasteiger partial charge in [-0.25, -0.2) is 0 Å². The molecule has 2 rings (SSSR count). The van der Waals surface area contributed by atoms with Gasteiger partial charge in [0.15, 0.2) is 0 Å². The van der Waals surface area contributed by atoms with Crippen molar-refractivity contribution in [1.82, 2.24) is 0 Å². The maximum atomic E-state index is 5.35. The zero-order valence-electron chi connectivity index (χ0n) is 8.16. The molecule has 0 saturated heterocycles. The Morgan fingerprint density at radius 2 is 1.93 bits per heavy atom. The predicted molar refractivity (Wildman–Crippen MR) is 58.4 cm³/mol. The van der Waals surface area contributed by atoms with Crippen LogP contribution in [0.25, 0.3) is 10.8 Å². The van der Waals surface area contributed by atoms with Gasteiger partial charge in [0.05, 0.1) is 0 Å². The van der Waals surface area contributed by atoms with Gasteiger partial charge in [-0.2, -0.15) is 0 Å². The average Bonchev–Trinajstić information content (AvgIpc) is 2.23. The van der Waals surface area contributed by atoms with Gasteiger partial charge in [-0.3, -0.25) is 5.73 Å². The molecular formula is C12H13NO. The van der Waals surface area contributed by atoms with E-state index in [1.165, 1.54) is 10.8 Å². The number of aryl methyl sites for hydroxylation is 1. The zero-order chi connectivity index (χ0) is 9.97. The van der Waals surface area contributed by atoms with Crippen LogP contribution >= 0.6 is 0 Å². The molecule has 0 atom stereocenters. The molecule has 14 heavy (non-hydrogen) atoms. The lowest BCUT2D eigenvalue weighted by atomic mass is 10.1. The molecule has 0 aliphatic carbocycles. The Morgan fingerprint density at radius 1 is 1.14 bits per heavy atom. The quantitative estimate of drug-likeness (QED) is 0.733. The summed E-state index contributed by atoms with van der Waals surface area (Å²) in [6.07, 6.45) is 0. The fraction of sp³-hybridized carbons (Fsp3) is 0.167. The number of fused-ring (bicyclic) bond motifs is 1. The van der Waals surface area contributed by atoms with Gasteiger partial charge in [0.25, 0.3) is 0 Å². The van der Waals surface area contributed by atoms with Crippen LogP contribution in [-0.2, 0) is 0 Å². The molecule has 0 aromatic heterocycles. The normalized spacial score (nSPS) is 10.4. The Labute approximate surface area is 83.3 Å². The second-order valence-corrected chi connectivity index (χ2v) is 3.22. The Balaban J connectivity index is 2.63. The van der Waals surface area contributed by atoms with Gasteiger partial charge in [0.1, 0.15) is 12.5 Å². The van der Waals surface area contributed by atoms with Crippen LogP contribution < -0.4 is 10.5 Å². The van der Waals surface area contributed by atoms with Crippen LogP contribution in [0.4, 0.5) is 0 Å². The van der Waals surface area contributed by atoms with Crippen LogP contribution in [0.5, 0.6) is 5.75 Å². The summed E-state index contributed by atoms with van der Waals surface area (Å²) >= 11 is 0. The van der Waals surface area contributed by atoms with Crippen molar-refractivity contribution in [1.29, 1.82) is 0 Å². The summed E-state index contributed by atoms with van der Waals surface area (Å²) in [5, 5.41) is 2.45. The lowest BCUT2D eigenvalue weighted by Crippen LogP contribution is -2.08. The number of benzene rings is 2. The Kier molecular flexibility index (Phi) is 2.37. The lowest BCUT2D eigenvalue weighted by molar-refractivity contribution is 0.328. The fourth-order valence-electron chi connectivity index (χ4n) is 1.65. The van der Waals surface area contributed by atoms with Crippen molar-refractivity contribution < 1.29 is 4.74 Å². The minimum absolute atomic E-state index is 0.221. The van der Waals surface area contributed by atoms with E-state index in [-0.39, 0.29) is 6.73 Å². The van der Waals surface area contributed by atoms with E-state index in [9.17, 15) is 0 Å². The molecule has 0 spiro atoms. The molecule has 0 aliphatic rings. The summed E-state index contributed by atoms with van der Waals surface area (Å²) < 4.78 is 5.32. The van der Waals surface area contributed by atoms with E-state index >= 15 is 0 Å². The van der Waals surface area contributed by atoms with Crippen LogP contribution in [-0.4, -0.2) is 6.73 Å². The first-order chi connectivity index (χ1) is 6.83. The molecule has 2 N–H and O–H groups in total. The highest BCUT2D eigenvalue weighted by atomic mass is 16.5. The van der Waals surface area contributed by atoms with Crippen LogP contribution in [0.15, 0.2) is 36.4 Å². The summed E-state index contributed by atoms with van der Waals surface area (Å²) in [5.41, 5.74) is 6.50. The molecule has 2 nitrogen and oxygen atoms in total. The van der Waals surface area contributed by atoms with E-state index in [4.69, 9.17) is 10.5 Å². The van der Waals surface area contributed by atoms with Crippen LogP contribution in [0.2, 0.25) is 0 Å². The van der Waals surface area contributed by atoms with E-state index < -0.39 is 0 Å². The molecular weight excluding hydrogens is 174 g/mol. The third-order valence-electron chi connectivity index (χ3n) is 2.39. The number of rotatable bonds is 2. The number of hydrogen-bond acceptors (Lipinski definition) is 2. The van der Waals surface area contributed by atoms with E-state index in [0.29, 0.717) is 0 Å². The first-order valence-electron chi connectivity index (χ1n) is 4.64. The number of nitrogens with two attached hydrogens (primary N) is 1. The topological polar surface area (TPSA) is 35.2 Å². The third-order valence-corrected chi connectivity index (χ3v) is 2.39. The Bertz CT molecular complexity index is 451. The van der Waals surface area contributed by atoms with Crippen molar-refractivity contribution >= 4 is 10.8 Å². The van der Waals surface area contributed by atoms with Gasteiger partial charge in [0, 0.05) is 0 Å². The van der Waals surface area contributed by atoms with Crippen molar-refractivity contribution in [2.75, 3.05) is 6.73 Å². The van der Waals surface area contributed by atoms with E-state index in [0.717, 1.165) is 11.3 Å². The highest BCUT2D eigenvalue weighted by molar-refractivity contribution is 5.87. The van der Waals surface area contributed by atoms with E-state index in [1.807, 2.05) is 31.2 Å². The number of ether oxygens (including phenoxy) is 1. The average molecular weight is 187 g/mol. The van der Waals surface area contributed by atoms with Gasteiger partial charge in [-0.1, -0.05) is 30.3 Å². The smallest absolute Gasteiger partial charge is 0.137 e. The molecule has 0 aliphatic heterocycles. The van der Waals surface area contributed by atoms with Gasteiger partial charge in [-0.05, 0) is 29.3 Å². The maximum absolute atomic E-state index is 5.35. The fourth-order valence-corrected chi connectivity index (χ4v) is 1.65. The van der Waals surface area contributed by atoms with Crippen molar-refractivity contribution in [3.05, 3.63) is 42.0 Å². The Morgan fingerprint density at radius 3 is 2.71 bits per heavy atom. The van der Waals surface area contributed by atoms with Crippen molar-refractivity contribution in [3.8, 4) is 5.75 Å². The minimum Gasteiger partial charge on any atom is -0.478 e. The summed E-state index contributed by atoms with van der Waals surface area (Å²) in [6, 6.07) is 12.3. The second-order valence-electron chi connectivity index (χ2n) is 3.22. The third kappa shape index (κ3) is 1.44. The molecule has 0 radical (unpaired) electrons. The molecule has 0 amide bonds. The summed E-state index contributed by atoms with van der Waals surface area (Å²) in [6.45, 7) is 2.27. The lowest BCUT2D eigenvalue weighted by Gasteiger charge is -2.09. The van der Waals surface area contributed by atoms with Crippen molar-refractivity contribution in [3.63, 3.8) is 0 Å². The SMILES string of the molecule is Cc1c(OCN)ccc2ccccc12. The number of hydrogen-bond donors (Lipinski definition) is 1. The van der Waals surface area contributed by atoms with Gasteiger partial charge in [0.2, 0.25) is 0 Å². The molecule has 0 heterocycles. The molecule has 2 aromatic rings. The van der Waals surface area contributed by atoms with Gasteiger partial charge >= 0.3 is 0 Å². The van der Waals surface area contributed by atoms with Crippen LogP contribution in [0.3, 0.4) is 0 Å². The molecule has 0 saturated carbocycles. The van der Waals surface area contributed by atoms with Gasteiger partial charge in [-0.15, -0.1) is 0 Å². The minimum atomic E-state index is 0.221.